The number of nitrogens with one attached hydrogen (secondary N) is 1. The first-order valence-electron chi connectivity index (χ1n) is 9.09. The molecule has 0 atom stereocenters. The fourth-order valence-electron chi connectivity index (χ4n) is 2.67. The number of amides is 1. The second-order valence-corrected chi connectivity index (χ2v) is 8.66. The van der Waals surface area contributed by atoms with Gasteiger partial charge in [-0.3, -0.25) is 4.79 Å². The minimum absolute atomic E-state index is 0.0232. The molecule has 0 aliphatic heterocycles. The molecule has 9 heteroatoms. The summed E-state index contributed by atoms with van der Waals surface area (Å²) in [4.78, 5) is 20.9. The molecule has 2 aromatic carbocycles. The van der Waals surface area contributed by atoms with Crippen LogP contribution in [0.3, 0.4) is 0 Å². The summed E-state index contributed by atoms with van der Waals surface area (Å²) in [5, 5.41) is 2.74. The molecule has 0 spiro atoms. The monoisotopic (exact) mass is 426 g/mol. The first kappa shape index (κ1) is 21.4. The summed E-state index contributed by atoms with van der Waals surface area (Å²) in [6, 6.07) is 13.6. The number of para-hydroxylation sites is 2. The zero-order chi connectivity index (χ0) is 21.7. The van der Waals surface area contributed by atoms with E-state index in [9.17, 15) is 13.2 Å². The third kappa shape index (κ3) is 4.81. The molecule has 0 fully saturated rings. The summed E-state index contributed by atoms with van der Waals surface area (Å²) in [6.07, 6.45) is 2.72. The van der Waals surface area contributed by atoms with Crippen LogP contribution in [0.15, 0.2) is 65.8 Å². The maximum atomic E-state index is 12.7. The number of ether oxygens (including phenoxy) is 1. The van der Waals surface area contributed by atoms with Gasteiger partial charge in [-0.1, -0.05) is 29.8 Å². The summed E-state index contributed by atoms with van der Waals surface area (Å²) in [6.45, 7) is 1.87. The van der Waals surface area contributed by atoms with Gasteiger partial charge in [0.1, 0.15) is 11.6 Å². The van der Waals surface area contributed by atoms with Crippen molar-refractivity contribution in [3.8, 4) is 5.75 Å². The lowest BCUT2D eigenvalue weighted by molar-refractivity contribution is 0.102. The Bertz CT molecular complexity index is 1130. The largest absolute Gasteiger partial charge is 0.495 e. The number of aryl methyl sites for hydroxylation is 1. The van der Waals surface area contributed by atoms with Crippen LogP contribution >= 0.6 is 0 Å². The Hall–Kier alpha value is -3.30. The van der Waals surface area contributed by atoms with Crippen molar-refractivity contribution in [1.82, 2.24) is 14.3 Å². The van der Waals surface area contributed by atoms with Gasteiger partial charge in [-0.2, -0.15) is 4.31 Å². The van der Waals surface area contributed by atoms with E-state index < -0.39 is 15.9 Å². The molecule has 0 saturated heterocycles. The lowest BCUT2D eigenvalue weighted by atomic mass is 10.2. The van der Waals surface area contributed by atoms with Crippen molar-refractivity contribution < 1.29 is 17.9 Å². The van der Waals surface area contributed by atoms with Gasteiger partial charge in [0.05, 0.1) is 29.8 Å². The Morgan fingerprint density at radius 3 is 2.33 bits per heavy atom. The maximum Gasteiger partial charge on any atom is 0.258 e. The summed E-state index contributed by atoms with van der Waals surface area (Å²) < 4.78 is 31.7. The molecule has 8 nitrogen and oxygen atoms in total. The zero-order valence-corrected chi connectivity index (χ0v) is 17.7. The van der Waals surface area contributed by atoms with E-state index in [1.807, 2.05) is 6.92 Å². The fraction of sp³-hybridized carbons (Fsp3) is 0.190. The molecule has 0 radical (unpaired) electrons. The molecule has 1 N–H and O–H groups in total. The van der Waals surface area contributed by atoms with Crippen molar-refractivity contribution in [2.24, 2.45) is 0 Å². The molecule has 156 valence electrons. The van der Waals surface area contributed by atoms with Gasteiger partial charge in [0.25, 0.3) is 5.91 Å². The van der Waals surface area contributed by atoms with E-state index in [1.54, 1.807) is 48.5 Å². The average Bonchev–Trinajstić information content (AvgIpc) is 2.75. The van der Waals surface area contributed by atoms with Crippen molar-refractivity contribution in [3.63, 3.8) is 0 Å². The van der Waals surface area contributed by atoms with Gasteiger partial charge in [-0.15, -0.1) is 0 Å². The van der Waals surface area contributed by atoms with Crippen LogP contribution in [0.25, 0.3) is 0 Å². The van der Waals surface area contributed by atoms with Crippen LogP contribution in [0.4, 0.5) is 5.69 Å². The number of carbonyl (C=O) groups is 1. The number of methoxy groups -OCH3 is 1. The van der Waals surface area contributed by atoms with Gasteiger partial charge >= 0.3 is 0 Å². The van der Waals surface area contributed by atoms with E-state index in [1.165, 1.54) is 30.9 Å². The molecule has 1 aromatic heterocycles. The van der Waals surface area contributed by atoms with Crippen LogP contribution in [0.2, 0.25) is 0 Å². The Morgan fingerprint density at radius 1 is 1.07 bits per heavy atom. The SMILES string of the molecule is COc1ccccc1NC(=O)c1cnc(CN(C)S(=O)(=O)c2ccc(C)cc2)nc1. The molecule has 1 amide bonds. The molecule has 0 saturated carbocycles. The number of rotatable bonds is 7. The Morgan fingerprint density at radius 2 is 1.70 bits per heavy atom. The Balaban J connectivity index is 1.69. The number of sulfonamides is 1. The van der Waals surface area contributed by atoms with Crippen LogP contribution in [0, 0.1) is 6.92 Å². The van der Waals surface area contributed by atoms with Crippen LogP contribution < -0.4 is 10.1 Å². The number of aromatic nitrogens is 2. The van der Waals surface area contributed by atoms with Crippen LogP contribution in [-0.4, -0.2) is 42.8 Å². The molecule has 3 rings (SSSR count). The van der Waals surface area contributed by atoms with E-state index >= 15 is 0 Å². The molecule has 0 unspecified atom stereocenters. The quantitative estimate of drug-likeness (QED) is 0.623. The molecule has 0 aliphatic carbocycles. The van der Waals surface area contributed by atoms with Gasteiger partial charge in [0, 0.05) is 19.4 Å². The third-order valence-corrected chi connectivity index (χ3v) is 6.23. The lowest BCUT2D eigenvalue weighted by Gasteiger charge is -2.16. The van der Waals surface area contributed by atoms with Crippen molar-refractivity contribution >= 4 is 21.6 Å². The summed E-state index contributed by atoms with van der Waals surface area (Å²) in [7, 11) is -0.692. The van der Waals surface area contributed by atoms with E-state index in [-0.39, 0.29) is 22.8 Å². The summed E-state index contributed by atoms with van der Waals surface area (Å²) >= 11 is 0. The molecule has 0 bridgehead atoms. The highest BCUT2D eigenvalue weighted by atomic mass is 32.2. The molecular weight excluding hydrogens is 404 g/mol. The lowest BCUT2D eigenvalue weighted by Crippen LogP contribution is -2.27. The van der Waals surface area contributed by atoms with Crippen molar-refractivity contribution in [2.45, 2.75) is 18.4 Å². The summed E-state index contributed by atoms with van der Waals surface area (Å²) in [5.41, 5.74) is 1.74. The highest BCUT2D eigenvalue weighted by Gasteiger charge is 2.22. The summed E-state index contributed by atoms with van der Waals surface area (Å²) in [5.74, 6) is 0.417. The predicted octanol–water partition coefficient (Wildman–Crippen LogP) is 2.87. The zero-order valence-electron chi connectivity index (χ0n) is 16.9. The highest BCUT2D eigenvalue weighted by molar-refractivity contribution is 7.89. The van der Waals surface area contributed by atoms with E-state index in [4.69, 9.17) is 4.74 Å². The number of hydrogen-bond donors (Lipinski definition) is 1. The van der Waals surface area contributed by atoms with Crippen LogP contribution in [0.5, 0.6) is 5.75 Å². The number of carbonyl (C=O) groups excluding carboxylic acids is 1. The van der Waals surface area contributed by atoms with Gasteiger partial charge in [0.2, 0.25) is 10.0 Å². The van der Waals surface area contributed by atoms with Crippen LogP contribution in [-0.2, 0) is 16.6 Å². The minimum atomic E-state index is -3.67. The van der Waals surface area contributed by atoms with E-state index in [2.05, 4.69) is 15.3 Å². The molecule has 30 heavy (non-hydrogen) atoms. The minimum Gasteiger partial charge on any atom is -0.495 e. The molecule has 1 heterocycles. The maximum absolute atomic E-state index is 12.7. The van der Waals surface area contributed by atoms with Gasteiger partial charge < -0.3 is 10.1 Å². The first-order chi connectivity index (χ1) is 14.3. The molecular formula is C21H22N4O4S. The molecule has 3 aromatic rings. The fourth-order valence-corrected chi connectivity index (χ4v) is 3.80. The number of hydrogen-bond acceptors (Lipinski definition) is 6. The van der Waals surface area contributed by atoms with Crippen molar-refractivity contribution in [2.75, 3.05) is 19.5 Å². The number of nitrogens with zero attached hydrogens (tertiary/aromatic N) is 3. The van der Waals surface area contributed by atoms with Crippen molar-refractivity contribution in [3.05, 3.63) is 77.9 Å². The smallest absolute Gasteiger partial charge is 0.258 e. The predicted molar refractivity (Wildman–Crippen MR) is 113 cm³/mol. The topological polar surface area (TPSA) is 101 Å². The van der Waals surface area contributed by atoms with E-state index in [0.29, 0.717) is 11.4 Å². The van der Waals surface area contributed by atoms with Gasteiger partial charge in [0.15, 0.2) is 0 Å². The normalized spacial score (nSPS) is 11.3. The molecule has 0 aliphatic rings. The van der Waals surface area contributed by atoms with Gasteiger partial charge in [-0.05, 0) is 31.2 Å². The standard InChI is InChI=1S/C21H22N4O4S/c1-15-8-10-17(11-9-15)30(27,28)25(2)14-20-22-12-16(13-23-20)21(26)24-18-6-4-5-7-19(18)29-3/h4-13H,14H2,1-3H3,(H,24,26). The Labute approximate surface area is 175 Å². The van der Waals surface area contributed by atoms with E-state index in [0.717, 1.165) is 5.56 Å². The second kappa shape index (κ2) is 9.02. The van der Waals surface area contributed by atoms with Gasteiger partial charge in [-0.25, -0.2) is 18.4 Å². The number of benzene rings is 2. The third-order valence-electron chi connectivity index (χ3n) is 4.42. The average molecular weight is 426 g/mol. The van der Waals surface area contributed by atoms with Crippen LogP contribution in [0.1, 0.15) is 21.7 Å². The number of anilines is 1. The Kier molecular flexibility index (Phi) is 6.43. The van der Waals surface area contributed by atoms with Crippen molar-refractivity contribution in [1.29, 1.82) is 0 Å². The second-order valence-electron chi connectivity index (χ2n) is 6.62. The first-order valence-corrected chi connectivity index (χ1v) is 10.5. The highest BCUT2D eigenvalue weighted by Crippen LogP contribution is 2.23.